The second kappa shape index (κ2) is 1.77. The molecule has 0 saturated heterocycles. The first-order valence-electron chi connectivity index (χ1n) is 3.93. The fraction of sp³-hybridized carbons (Fsp3) is 0.250. The van der Waals surface area contributed by atoms with Gasteiger partial charge in [-0.05, 0) is 13.0 Å². The number of aromatic amines is 1. The second-order valence-corrected chi connectivity index (χ2v) is 3.04. The van der Waals surface area contributed by atoms with E-state index in [2.05, 4.69) is 15.1 Å². The van der Waals surface area contributed by atoms with Gasteiger partial charge >= 0.3 is 0 Å². The Morgan fingerprint density at radius 1 is 1.58 bits per heavy atom. The largest absolute Gasteiger partial charge is 0.344 e. The summed E-state index contributed by atoms with van der Waals surface area (Å²) in [7, 11) is 0. The number of aryl methyl sites for hydroxylation is 1. The first kappa shape index (κ1) is 5.99. The average Bonchev–Trinajstić information content (AvgIpc) is 2.59. The molecule has 2 aromatic rings. The van der Waals surface area contributed by atoms with Crippen LogP contribution in [-0.2, 0) is 6.42 Å². The maximum atomic E-state index is 4.35. The first-order chi connectivity index (χ1) is 5.84. The standard InChI is InChI=1S/C8H8N4/c1-5-10-7-4-6-2-3-9-12(6)8(7)11-5/h2-3H,4H2,1H3,(H,10,11). The zero-order valence-electron chi connectivity index (χ0n) is 6.70. The highest BCUT2D eigenvalue weighted by Gasteiger charge is 2.21. The molecular weight excluding hydrogens is 152 g/mol. The van der Waals surface area contributed by atoms with E-state index in [1.165, 1.54) is 11.4 Å². The summed E-state index contributed by atoms with van der Waals surface area (Å²) in [5, 5.41) is 4.19. The number of aromatic nitrogens is 4. The van der Waals surface area contributed by atoms with Gasteiger partial charge in [0.2, 0.25) is 0 Å². The molecule has 3 rings (SSSR count). The van der Waals surface area contributed by atoms with Crippen LogP contribution < -0.4 is 0 Å². The molecule has 0 unspecified atom stereocenters. The fourth-order valence-electron chi connectivity index (χ4n) is 1.66. The third-order valence-corrected chi connectivity index (χ3v) is 2.15. The van der Waals surface area contributed by atoms with Crippen LogP contribution in [0.4, 0.5) is 0 Å². The van der Waals surface area contributed by atoms with Crippen LogP contribution in [0.5, 0.6) is 0 Å². The minimum absolute atomic E-state index is 0.927. The molecule has 12 heavy (non-hydrogen) atoms. The molecule has 0 aliphatic carbocycles. The molecule has 0 bridgehead atoms. The Hall–Kier alpha value is -1.58. The van der Waals surface area contributed by atoms with Crippen molar-refractivity contribution in [1.82, 2.24) is 19.7 Å². The second-order valence-electron chi connectivity index (χ2n) is 3.04. The van der Waals surface area contributed by atoms with Crippen LogP contribution in [-0.4, -0.2) is 19.7 Å². The molecule has 0 spiro atoms. The summed E-state index contributed by atoms with van der Waals surface area (Å²) in [6, 6.07) is 2.02. The van der Waals surface area contributed by atoms with Crippen molar-refractivity contribution in [3.63, 3.8) is 0 Å². The highest BCUT2D eigenvalue weighted by molar-refractivity contribution is 5.40. The lowest BCUT2D eigenvalue weighted by atomic mass is 10.3. The molecule has 0 atom stereocenters. The minimum Gasteiger partial charge on any atom is -0.344 e. The maximum absolute atomic E-state index is 4.35. The third-order valence-electron chi connectivity index (χ3n) is 2.15. The van der Waals surface area contributed by atoms with E-state index in [0.717, 1.165) is 18.1 Å². The SMILES string of the molecule is Cc1nc2c([nH]1)Cc1ccnn1-2. The lowest BCUT2D eigenvalue weighted by Crippen LogP contribution is -1.94. The zero-order chi connectivity index (χ0) is 8.13. The molecular formula is C8H8N4. The minimum atomic E-state index is 0.927. The van der Waals surface area contributed by atoms with Crippen molar-refractivity contribution in [2.24, 2.45) is 0 Å². The molecule has 2 aromatic heterocycles. The van der Waals surface area contributed by atoms with Gasteiger partial charge in [0, 0.05) is 12.6 Å². The Bertz CT molecular complexity index is 438. The van der Waals surface area contributed by atoms with E-state index in [0.29, 0.717) is 0 Å². The zero-order valence-corrected chi connectivity index (χ0v) is 6.70. The van der Waals surface area contributed by atoms with Gasteiger partial charge in [-0.2, -0.15) is 5.10 Å². The highest BCUT2D eigenvalue weighted by Crippen LogP contribution is 2.23. The van der Waals surface area contributed by atoms with Crippen LogP contribution in [0.1, 0.15) is 17.2 Å². The predicted molar refractivity (Wildman–Crippen MR) is 43.3 cm³/mol. The topological polar surface area (TPSA) is 46.5 Å². The Kier molecular flexibility index (Phi) is 0.885. The molecule has 0 aromatic carbocycles. The Balaban J connectivity index is 2.32. The van der Waals surface area contributed by atoms with Crippen molar-refractivity contribution in [3.8, 4) is 5.82 Å². The summed E-state index contributed by atoms with van der Waals surface area (Å²) in [4.78, 5) is 7.57. The van der Waals surface area contributed by atoms with Gasteiger partial charge in [0.1, 0.15) is 5.82 Å². The fourth-order valence-corrected chi connectivity index (χ4v) is 1.66. The molecule has 1 aliphatic rings. The van der Waals surface area contributed by atoms with Gasteiger partial charge in [-0.3, -0.25) is 0 Å². The smallest absolute Gasteiger partial charge is 0.175 e. The summed E-state index contributed by atoms with van der Waals surface area (Å²) >= 11 is 0. The van der Waals surface area contributed by atoms with Gasteiger partial charge in [-0.25, -0.2) is 9.67 Å². The third kappa shape index (κ3) is 0.574. The summed E-state index contributed by atoms with van der Waals surface area (Å²) in [5.74, 6) is 1.92. The molecule has 0 amide bonds. The van der Waals surface area contributed by atoms with Crippen molar-refractivity contribution in [2.45, 2.75) is 13.3 Å². The van der Waals surface area contributed by atoms with E-state index >= 15 is 0 Å². The van der Waals surface area contributed by atoms with Crippen molar-refractivity contribution >= 4 is 0 Å². The summed E-state index contributed by atoms with van der Waals surface area (Å²) in [6.07, 6.45) is 2.73. The summed E-state index contributed by atoms with van der Waals surface area (Å²) in [5.41, 5.74) is 2.39. The predicted octanol–water partition coefficient (Wildman–Crippen LogP) is 0.808. The van der Waals surface area contributed by atoms with Gasteiger partial charge in [0.15, 0.2) is 5.82 Å². The number of imidazole rings is 1. The summed E-state index contributed by atoms with van der Waals surface area (Å²) < 4.78 is 1.89. The molecule has 0 radical (unpaired) electrons. The van der Waals surface area contributed by atoms with Gasteiger partial charge < -0.3 is 4.98 Å². The Morgan fingerprint density at radius 3 is 3.42 bits per heavy atom. The number of nitrogens with zero attached hydrogens (tertiary/aromatic N) is 3. The molecule has 0 saturated carbocycles. The van der Waals surface area contributed by atoms with Gasteiger partial charge in [0.25, 0.3) is 0 Å². The maximum Gasteiger partial charge on any atom is 0.175 e. The number of hydrogen-bond acceptors (Lipinski definition) is 2. The molecule has 60 valence electrons. The number of rotatable bonds is 0. The number of fused-ring (bicyclic) bond motifs is 3. The number of H-pyrrole nitrogens is 1. The van der Waals surface area contributed by atoms with E-state index in [4.69, 9.17) is 0 Å². The first-order valence-corrected chi connectivity index (χ1v) is 3.93. The van der Waals surface area contributed by atoms with E-state index in [9.17, 15) is 0 Å². The van der Waals surface area contributed by atoms with E-state index in [1.807, 2.05) is 23.9 Å². The van der Waals surface area contributed by atoms with E-state index < -0.39 is 0 Å². The van der Waals surface area contributed by atoms with Crippen molar-refractivity contribution in [2.75, 3.05) is 0 Å². The molecule has 1 aliphatic heterocycles. The van der Waals surface area contributed by atoms with Gasteiger partial charge in [-0.1, -0.05) is 0 Å². The van der Waals surface area contributed by atoms with Crippen LogP contribution in [0.15, 0.2) is 12.3 Å². The quantitative estimate of drug-likeness (QED) is 0.529. The summed E-state index contributed by atoms with van der Waals surface area (Å²) in [6.45, 7) is 1.96. The molecule has 3 heterocycles. The Morgan fingerprint density at radius 2 is 2.50 bits per heavy atom. The molecule has 1 N–H and O–H groups in total. The highest BCUT2D eigenvalue weighted by atomic mass is 15.3. The number of hydrogen-bond donors (Lipinski definition) is 1. The monoisotopic (exact) mass is 160 g/mol. The molecule has 4 nitrogen and oxygen atoms in total. The lowest BCUT2D eigenvalue weighted by Gasteiger charge is -1.91. The van der Waals surface area contributed by atoms with Crippen LogP contribution >= 0.6 is 0 Å². The van der Waals surface area contributed by atoms with Crippen LogP contribution in [0.25, 0.3) is 5.82 Å². The van der Waals surface area contributed by atoms with Crippen molar-refractivity contribution in [3.05, 3.63) is 29.5 Å². The average molecular weight is 160 g/mol. The van der Waals surface area contributed by atoms with Crippen LogP contribution in [0.2, 0.25) is 0 Å². The van der Waals surface area contributed by atoms with E-state index in [-0.39, 0.29) is 0 Å². The van der Waals surface area contributed by atoms with E-state index in [1.54, 1.807) is 0 Å². The molecule has 4 heteroatoms. The van der Waals surface area contributed by atoms with Crippen molar-refractivity contribution in [1.29, 1.82) is 0 Å². The Labute approximate surface area is 69.2 Å². The molecule has 0 fully saturated rings. The van der Waals surface area contributed by atoms with Crippen LogP contribution in [0.3, 0.4) is 0 Å². The lowest BCUT2D eigenvalue weighted by molar-refractivity contribution is 0.840. The van der Waals surface area contributed by atoms with Crippen molar-refractivity contribution < 1.29 is 0 Å². The van der Waals surface area contributed by atoms with Gasteiger partial charge in [0.05, 0.1) is 11.4 Å². The number of nitrogens with one attached hydrogen (secondary N) is 1. The van der Waals surface area contributed by atoms with Gasteiger partial charge in [-0.15, -0.1) is 0 Å². The normalized spacial score (nSPS) is 13.1. The van der Waals surface area contributed by atoms with Crippen LogP contribution in [0, 0.1) is 6.92 Å².